The van der Waals surface area contributed by atoms with E-state index >= 15 is 0 Å². The third-order valence-electron chi connectivity index (χ3n) is 3.52. The molecule has 31 heavy (non-hydrogen) atoms. The summed E-state index contributed by atoms with van der Waals surface area (Å²) in [5.74, 6) is -2.08. The zero-order valence-corrected chi connectivity index (χ0v) is 15.8. The Morgan fingerprint density at radius 2 is 1.90 bits per heavy atom. The smallest absolute Gasteiger partial charge is 0.468 e. The first-order chi connectivity index (χ1) is 14.3. The molecule has 2 aromatic rings. The lowest BCUT2D eigenvalue weighted by molar-refractivity contribution is -0.291. The van der Waals surface area contributed by atoms with E-state index in [1.807, 2.05) is 0 Å². The van der Waals surface area contributed by atoms with Crippen molar-refractivity contribution in [1.29, 1.82) is 0 Å². The first-order valence-electron chi connectivity index (χ1n) is 7.76. The first kappa shape index (κ1) is 23.9. The van der Waals surface area contributed by atoms with Crippen LogP contribution in [0, 0.1) is 17.7 Å². The summed E-state index contributed by atoms with van der Waals surface area (Å²) in [6.07, 6.45) is -7.66. The van der Waals surface area contributed by atoms with Crippen molar-refractivity contribution in [3.05, 3.63) is 50.7 Å². The molecule has 0 unspecified atom stereocenters. The number of carboxylic acid groups (broad SMARTS) is 1. The summed E-state index contributed by atoms with van der Waals surface area (Å²) < 4.78 is 88.4. The molecule has 7 nitrogen and oxygen atoms in total. The van der Waals surface area contributed by atoms with Gasteiger partial charge >= 0.3 is 24.3 Å². The van der Waals surface area contributed by atoms with Gasteiger partial charge in [-0.15, -0.1) is 0 Å². The van der Waals surface area contributed by atoms with Crippen molar-refractivity contribution in [1.82, 2.24) is 9.55 Å². The molecule has 2 rings (SSSR count). The second-order valence-electron chi connectivity index (χ2n) is 5.51. The van der Waals surface area contributed by atoms with Crippen molar-refractivity contribution < 1.29 is 45.7 Å². The number of aromatic nitrogens is 2. The average molecular weight is 471 g/mol. The first-order valence-corrected chi connectivity index (χ1v) is 8.14. The minimum atomic E-state index is -6.05. The highest BCUT2D eigenvalue weighted by Gasteiger charge is 2.60. The zero-order chi connectivity index (χ0) is 23.6. The number of alkyl halides is 5. The van der Waals surface area contributed by atoms with E-state index in [0.29, 0.717) is 10.6 Å². The van der Waals surface area contributed by atoms with Crippen molar-refractivity contribution in [2.45, 2.75) is 12.1 Å². The van der Waals surface area contributed by atoms with Crippen LogP contribution in [0.5, 0.6) is 6.01 Å². The molecule has 0 saturated carbocycles. The number of hydrogen-bond donors (Lipinski definition) is 1. The lowest BCUT2D eigenvalue weighted by Crippen LogP contribution is -2.36. The summed E-state index contributed by atoms with van der Waals surface area (Å²) >= 11 is 5.82. The maximum Gasteiger partial charge on any atom is 0.506 e. The highest BCUT2D eigenvalue weighted by molar-refractivity contribution is 6.31. The zero-order valence-electron chi connectivity index (χ0n) is 15.1. The highest BCUT2D eigenvalue weighted by atomic mass is 35.5. The molecule has 0 radical (unpaired) electrons. The molecule has 0 aliphatic rings. The molecule has 166 valence electrons. The third kappa shape index (κ3) is 5.02. The molecule has 1 N–H and O–H groups in total. The van der Waals surface area contributed by atoms with Gasteiger partial charge in [0.2, 0.25) is 0 Å². The summed E-state index contributed by atoms with van der Waals surface area (Å²) in [6.45, 7) is -0.579. The van der Waals surface area contributed by atoms with Crippen LogP contribution in [0.15, 0.2) is 23.0 Å². The Labute approximate surface area is 173 Å². The predicted molar refractivity (Wildman–Crippen MR) is 92.2 cm³/mol. The van der Waals surface area contributed by atoms with E-state index in [1.54, 1.807) is 0 Å². The van der Waals surface area contributed by atoms with Crippen molar-refractivity contribution in [3.63, 3.8) is 0 Å². The van der Waals surface area contributed by atoms with Crippen LogP contribution in [0.25, 0.3) is 5.69 Å². The number of hydrogen-bond acceptors (Lipinski definition) is 5. The Kier molecular flexibility index (Phi) is 6.75. The number of methoxy groups -OCH3 is 1. The van der Waals surface area contributed by atoms with Gasteiger partial charge in [-0.25, -0.2) is 13.8 Å². The summed E-state index contributed by atoms with van der Waals surface area (Å²) in [5, 5.41) is 8.09. The Morgan fingerprint density at radius 1 is 1.26 bits per heavy atom. The lowest BCUT2D eigenvalue weighted by Gasteiger charge is -2.20. The molecule has 1 heterocycles. The standard InChI is InChI=1S/C17H9ClF6N2O5/c1-30-14-25-12(16(20,21)17(22,23)24)7-13(27)26(14)11-5-8(9(18)6-10(11)19)3-2-4-31-15(28)29/h5-7H,4H2,1H3,(H,28,29). The van der Waals surface area contributed by atoms with Gasteiger partial charge in [-0.3, -0.25) is 4.79 Å². The van der Waals surface area contributed by atoms with Crippen molar-refractivity contribution >= 4 is 17.8 Å². The molecule has 0 atom stereocenters. The van der Waals surface area contributed by atoms with Crippen LogP contribution in [0.4, 0.5) is 31.1 Å². The van der Waals surface area contributed by atoms with Crippen LogP contribution in [0.1, 0.15) is 11.3 Å². The third-order valence-corrected chi connectivity index (χ3v) is 3.83. The number of carbonyl (C=O) groups is 1. The number of rotatable bonds is 4. The van der Waals surface area contributed by atoms with Gasteiger partial charge in [0, 0.05) is 11.6 Å². The SMILES string of the molecule is COc1nc(C(F)(F)C(F)(F)F)cc(=O)n1-c1cc(C#CCOC(=O)O)c(Cl)cc1F. The van der Waals surface area contributed by atoms with E-state index in [2.05, 4.69) is 26.3 Å². The maximum absolute atomic E-state index is 14.4. The molecule has 0 aliphatic heterocycles. The van der Waals surface area contributed by atoms with Crippen LogP contribution >= 0.6 is 11.6 Å². The molecule has 0 spiro atoms. The molecule has 1 aromatic heterocycles. The van der Waals surface area contributed by atoms with E-state index in [1.165, 1.54) is 0 Å². The second kappa shape index (κ2) is 8.76. The Bertz CT molecular complexity index is 1140. The number of benzene rings is 1. The average Bonchev–Trinajstić information content (AvgIpc) is 2.65. The van der Waals surface area contributed by atoms with Gasteiger partial charge in [0.15, 0.2) is 6.61 Å². The molecular formula is C17H9ClF6N2O5. The van der Waals surface area contributed by atoms with Crippen molar-refractivity contribution in [2.75, 3.05) is 13.7 Å². The number of halogens is 7. The Morgan fingerprint density at radius 3 is 2.45 bits per heavy atom. The molecule has 0 amide bonds. The van der Waals surface area contributed by atoms with E-state index in [0.717, 1.165) is 13.2 Å². The maximum atomic E-state index is 14.4. The minimum absolute atomic E-state index is 0.115. The van der Waals surface area contributed by atoms with E-state index < -0.39 is 53.6 Å². The van der Waals surface area contributed by atoms with E-state index in [-0.39, 0.29) is 16.7 Å². The van der Waals surface area contributed by atoms with Crippen LogP contribution in [0.3, 0.4) is 0 Å². The minimum Gasteiger partial charge on any atom is -0.468 e. The molecule has 0 aliphatic carbocycles. The fraction of sp³-hybridized carbons (Fsp3) is 0.235. The molecule has 0 bridgehead atoms. The fourth-order valence-electron chi connectivity index (χ4n) is 2.16. The topological polar surface area (TPSA) is 90.6 Å². The van der Waals surface area contributed by atoms with Crippen molar-refractivity contribution in [3.8, 4) is 23.5 Å². The molecule has 0 saturated heterocycles. The summed E-state index contributed by atoms with van der Waals surface area (Å²) in [7, 11) is 0.811. The van der Waals surface area contributed by atoms with Gasteiger partial charge in [-0.2, -0.15) is 26.9 Å². The largest absolute Gasteiger partial charge is 0.506 e. The van der Waals surface area contributed by atoms with E-state index in [4.69, 9.17) is 16.7 Å². The molecule has 0 fully saturated rings. The van der Waals surface area contributed by atoms with Crippen LogP contribution in [0.2, 0.25) is 5.02 Å². The Hall–Kier alpha value is -3.40. The Balaban J connectivity index is 2.64. The highest BCUT2D eigenvalue weighted by Crippen LogP contribution is 2.43. The summed E-state index contributed by atoms with van der Waals surface area (Å²) in [4.78, 5) is 25.6. The van der Waals surface area contributed by atoms with E-state index in [9.17, 15) is 35.9 Å². The summed E-state index contributed by atoms with van der Waals surface area (Å²) in [5.41, 5.74) is -4.28. The van der Waals surface area contributed by atoms with Gasteiger partial charge in [-0.1, -0.05) is 23.4 Å². The van der Waals surface area contributed by atoms with Gasteiger partial charge < -0.3 is 14.6 Å². The normalized spacial score (nSPS) is 11.5. The predicted octanol–water partition coefficient (Wildman–Crippen LogP) is 3.73. The van der Waals surface area contributed by atoms with Crippen molar-refractivity contribution in [2.24, 2.45) is 0 Å². The second-order valence-corrected chi connectivity index (χ2v) is 5.92. The van der Waals surface area contributed by atoms with Gasteiger partial charge in [-0.05, 0) is 12.1 Å². The number of ether oxygens (including phenoxy) is 2. The van der Waals surface area contributed by atoms with Crippen LogP contribution in [-0.2, 0) is 10.7 Å². The molecule has 14 heteroatoms. The quantitative estimate of drug-likeness (QED) is 0.416. The molecule has 1 aromatic carbocycles. The monoisotopic (exact) mass is 470 g/mol. The van der Waals surface area contributed by atoms with Gasteiger partial charge in [0.05, 0.1) is 17.8 Å². The summed E-state index contributed by atoms with van der Waals surface area (Å²) in [6, 6.07) is 0.360. The lowest BCUT2D eigenvalue weighted by atomic mass is 10.1. The van der Waals surface area contributed by atoms with Crippen LogP contribution in [-0.4, -0.2) is 40.7 Å². The fourth-order valence-corrected chi connectivity index (χ4v) is 2.36. The van der Waals surface area contributed by atoms with Gasteiger partial charge in [0.1, 0.15) is 11.5 Å². The number of nitrogens with zero attached hydrogens (tertiary/aromatic N) is 2. The molecular weight excluding hydrogens is 462 g/mol. The van der Waals surface area contributed by atoms with Crippen LogP contribution < -0.4 is 10.3 Å². The van der Waals surface area contributed by atoms with Gasteiger partial charge in [0.25, 0.3) is 5.56 Å².